The molecule has 1 aliphatic rings. The number of benzene rings is 1. The van der Waals surface area contributed by atoms with E-state index in [9.17, 15) is 13.6 Å². The Hall–Kier alpha value is -3.36. The van der Waals surface area contributed by atoms with Gasteiger partial charge in [-0.25, -0.2) is 8.78 Å². The SMILES string of the molecule is CC(=O)N1CCC(Cn2c(-c3cccnc3)nnc2N(C)Cc2ccc(F)cc2F)CC1. The zero-order chi connectivity index (χ0) is 22.7. The fraction of sp³-hybridized carbons (Fsp3) is 0.391. The normalized spacial score (nSPS) is 14.6. The topological polar surface area (TPSA) is 67.2 Å². The van der Waals surface area contributed by atoms with Gasteiger partial charge in [-0.15, -0.1) is 10.2 Å². The molecule has 0 bridgehead atoms. The Balaban J connectivity index is 1.60. The summed E-state index contributed by atoms with van der Waals surface area (Å²) in [4.78, 5) is 19.5. The number of aromatic nitrogens is 4. The highest BCUT2D eigenvalue weighted by Crippen LogP contribution is 2.27. The van der Waals surface area contributed by atoms with Crippen LogP contribution in [-0.4, -0.2) is 50.7 Å². The first-order valence-corrected chi connectivity index (χ1v) is 10.7. The second-order valence-electron chi connectivity index (χ2n) is 8.22. The van der Waals surface area contributed by atoms with E-state index in [2.05, 4.69) is 15.2 Å². The number of halogens is 2. The van der Waals surface area contributed by atoms with Gasteiger partial charge in [0.25, 0.3) is 0 Å². The molecule has 3 aromatic rings. The summed E-state index contributed by atoms with van der Waals surface area (Å²) in [5.41, 5.74) is 1.22. The van der Waals surface area contributed by atoms with Crippen LogP contribution in [0.2, 0.25) is 0 Å². The molecule has 0 unspecified atom stereocenters. The number of amides is 1. The molecule has 0 aliphatic carbocycles. The van der Waals surface area contributed by atoms with Crippen LogP contribution in [0.25, 0.3) is 11.4 Å². The predicted octanol–water partition coefficient (Wildman–Crippen LogP) is 3.51. The number of hydrogen-bond donors (Lipinski definition) is 0. The summed E-state index contributed by atoms with van der Waals surface area (Å²) in [6.45, 7) is 3.96. The minimum atomic E-state index is -0.604. The maximum Gasteiger partial charge on any atom is 0.227 e. The van der Waals surface area contributed by atoms with Crippen molar-refractivity contribution in [3.63, 3.8) is 0 Å². The van der Waals surface area contributed by atoms with Gasteiger partial charge in [-0.05, 0) is 37.0 Å². The Bertz CT molecular complexity index is 1080. The Morgan fingerprint density at radius 2 is 1.97 bits per heavy atom. The van der Waals surface area contributed by atoms with E-state index in [1.807, 2.05) is 33.5 Å². The summed E-state index contributed by atoms with van der Waals surface area (Å²) in [7, 11) is 1.81. The van der Waals surface area contributed by atoms with Gasteiger partial charge in [0.2, 0.25) is 11.9 Å². The van der Waals surface area contributed by atoms with E-state index < -0.39 is 11.6 Å². The summed E-state index contributed by atoms with van der Waals surface area (Å²) in [5.74, 6) is 0.548. The molecule has 1 fully saturated rings. The molecule has 1 saturated heterocycles. The van der Waals surface area contributed by atoms with Gasteiger partial charge in [0.1, 0.15) is 11.6 Å². The number of piperidine rings is 1. The summed E-state index contributed by atoms with van der Waals surface area (Å²) < 4.78 is 29.5. The first kappa shape index (κ1) is 21.9. The maximum absolute atomic E-state index is 14.2. The molecular formula is C23H26F2N6O. The predicted molar refractivity (Wildman–Crippen MR) is 117 cm³/mol. The summed E-state index contributed by atoms with van der Waals surface area (Å²) >= 11 is 0. The van der Waals surface area contributed by atoms with Crippen LogP contribution in [0.15, 0.2) is 42.7 Å². The summed E-state index contributed by atoms with van der Waals surface area (Å²) in [6, 6.07) is 7.35. The number of carbonyl (C=O) groups is 1. The van der Waals surface area contributed by atoms with Crippen molar-refractivity contribution >= 4 is 11.9 Å². The molecule has 0 radical (unpaired) electrons. The molecule has 0 N–H and O–H groups in total. The molecule has 3 heterocycles. The van der Waals surface area contributed by atoms with Crippen LogP contribution >= 0.6 is 0 Å². The third kappa shape index (κ3) is 4.76. The zero-order valence-corrected chi connectivity index (χ0v) is 18.2. The standard InChI is InChI=1S/C23H26F2N6O/c1-16(32)30-10-7-17(8-11-30)14-31-22(18-4-3-9-26-13-18)27-28-23(31)29(2)15-19-5-6-20(24)12-21(19)25/h3-6,9,12-13,17H,7-8,10-11,14-15H2,1-2H3. The van der Waals surface area contributed by atoms with Gasteiger partial charge in [-0.2, -0.15) is 0 Å². The van der Waals surface area contributed by atoms with Crippen LogP contribution in [0.3, 0.4) is 0 Å². The average molecular weight is 440 g/mol. The molecule has 1 aliphatic heterocycles. The summed E-state index contributed by atoms with van der Waals surface area (Å²) in [5, 5.41) is 8.80. The molecule has 0 spiro atoms. The maximum atomic E-state index is 14.2. The van der Waals surface area contributed by atoms with Crippen molar-refractivity contribution in [1.82, 2.24) is 24.6 Å². The number of rotatable bonds is 6. The van der Waals surface area contributed by atoms with Gasteiger partial charge in [0, 0.05) is 69.7 Å². The molecule has 2 aromatic heterocycles. The van der Waals surface area contributed by atoms with Gasteiger partial charge >= 0.3 is 0 Å². The molecule has 9 heteroatoms. The van der Waals surface area contributed by atoms with Crippen molar-refractivity contribution in [2.45, 2.75) is 32.9 Å². The molecule has 32 heavy (non-hydrogen) atoms. The Morgan fingerprint density at radius 1 is 1.19 bits per heavy atom. The largest absolute Gasteiger partial charge is 0.343 e. The average Bonchev–Trinajstić information content (AvgIpc) is 3.20. The first-order chi connectivity index (χ1) is 15.4. The van der Waals surface area contributed by atoms with Crippen LogP contribution in [0.1, 0.15) is 25.3 Å². The molecule has 1 amide bonds. The number of nitrogens with zero attached hydrogens (tertiary/aromatic N) is 6. The van der Waals surface area contributed by atoms with Crippen molar-refractivity contribution in [1.29, 1.82) is 0 Å². The second kappa shape index (κ2) is 9.42. The molecule has 0 saturated carbocycles. The van der Waals surface area contributed by atoms with Crippen LogP contribution in [0.4, 0.5) is 14.7 Å². The monoisotopic (exact) mass is 440 g/mol. The molecule has 1 aromatic carbocycles. The van der Waals surface area contributed by atoms with Gasteiger partial charge < -0.3 is 9.80 Å². The third-order valence-corrected chi connectivity index (χ3v) is 5.92. The minimum absolute atomic E-state index is 0.102. The van der Waals surface area contributed by atoms with Crippen LogP contribution < -0.4 is 4.90 Å². The molecule has 7 nitrogen and oxygen atoms in total. The highest BCUT2D eigenvalue weighted by Gasteiger charge is 2.25. The van der Waals surface area contributed by atoms with Gasteiger partial charge in [0.15, 0.2) is 5.82 Å². The van der Waals surface area contributed by atoms with E-state index in [1.165, 1.54) is 12.1 Å². The van der Waals surface area contributed by atoms with E-state index >= 15 is 0 Å². The van der Waals surface area contributed by atoms with Gasteiger partial charge in [-0.1, -0.05) is 6.07 Å². The van der Waals surface area contributed by atoms with Crippen molar-refractivity contribution in [2.75, 3.05) is 25.0 Å². The first-order valence-electron chi connectivity index (χ1n) is 10.7. The van der Waals surface area contributed by atoms with E-state index in [0.29, 0.717) is 29.8 Å². The number of pyridine rings is 1. The Morgan fingerprint density at radius 3 is 2.62 bits per heavy atom. The third-order valence-electron chi connectivity index (χ3n) is 5.92. The van der Waals surface area contributed by atoms with E-state index in [1.54, 1.807) is 19.3 Å². The Labute approximate surface area is 185 Å². The highest BCUT2D eigenvalue weighted by molar-refractivity contribution is 5.73. The van der Waals surface area contributed by atoms with Gasteiger partial charge in [0.05, 0.1) is 0 Å². The number of anilines is 1. The molecule has 4 rings (SSSR count). The van der Waals surface area contributed by atoms with E-state index in [0.717, 1.165) is 37.6 Å². The lowest BCUT2D eigenvalue weighted by atomic mass is 9.96. The lowest BCUT2D eigenvalue weighted by molar-refractivity contribution is -0.130. The quantitative estimate of drug-likeness (QED) is 0.587. The highest BCUT2D eigenvalue weighted by atomic mass is 19.1. The fourth-order valence-corrected chi connectivity index (χ4v) is 4.12. The van der Waals surface area contributed by atoms with Crippen molar-refractivity contribution in [2.24, 2.45) is 5.92 Å². The number of hydrogen-bond acceptors (Lipinski definition) is 5. The van der Waals surface area contributed by atoms with Crippen LogP contribution in [0, 0.1) is 17.6 Å². The van der Waals surface area contributed by atoms with Crippen molar-refractivity contribution in [3.05, 3.63) is 59.9 Å². The van der Waals surface area contributed by atoms with Gasteiger partial charge in [-0.3, -0.25) is 14.3 Å². The minimum Gasteiger partial charge on any atom is -0.343 e. The van der Waals surface area contributed by atoms with E-state index in [4.69, 9.17) is 0 Å². The van der Waals surface area contributed by atoms with Crippen LogP contribution in [-0.2, 0) is 17.9 Å². The molecular weight excluding hydrogens is 414 g/mol. The summed E-state index contributed by atoms with van der Waals surface area (Å²) in [6.07, 6.45) is 5.22. The molecule has 0 atom stereocenters. The van der Waals surface area contributed by atoms with E-state index in [-0.39, 0.29) is 12.5 Å². The number of carbonyl (C=O) groups excluding carboxylic acids is 1. The lowest BCUT2D eigenvalue weighted by Gasteiger charge is -2.32. The molecule has 168 valence electrons. The zero-order valence-electron chi connectivity index (χ0n) is 18.2. The van der Waals surface area contributed by atoms with Crippen LogP contribution in [0.5, 0.6) is 0 Å². The number of likely N-dealkylation sites (tertiary alicyclic amines) is 1. The Kier molecular flexibility index (Phi) is 6.43. The lowest BCUT2D eigenvalue weighted by Crippen LogP contribution is -2.38. The van der Waals surface area contributed by atoms with Crippen molar-refractivity contribution in [3.8, 4) is 11.4 Å². The smallest absolute Gasteiger partial charge is 0.227 e. The second-order valence-corrected chi connectivity index (χ2v) is 8.22. The fourth-order valence-electron chi connectivity index (χ4n) is 4.12. The van der Waals surface area contributed by atoms with Crippen molar-refractivity contribution < 1.29 is 13.6 Å².